The summed E-state index contributed by atoms with van der Waals surface area (Å²) in [5, 5.41) is 12.5. The van der Waals surface area contributed by atoms with Gasteiger partial charge in [-0.25, -0.2) is 4.98 Å². The van der Waals surface area contributed by atoms with Crippen LogP contribution in [0.1, 0.15) is 16.8 Å². The van der Waals surface area contributed by atoms with Crippen molar-refractivity contribution in [1.82, 2.24) is 19.6 Å². The zero-order valence-corrected chi connectivity index (χ0v) is 15.3. The van der Waals surface area contributed by atoms with Gasteiger partial charge >= 0.3 is 0 Å². The van der Waals surface area contributed by atoms with Gasteiger partial charge in [-0.2, -0.15) is 0 Å². The molecule has 3 aromatic rings. The molecule has 1 aromatic carbocycles. The van der Waals surface area contributed by atoms with Crippen molar-refractivity contribution in [1.29, 1.82) is 0 Å². The molecular formula is C21H26N4O. The summed E-state index contributed by atoms with van der Waals surface area (Å²) in [6, 6.07) is 12.7. The van der Waals surface area contributed by atoms with E-state index in [4.69, 9.17) is 10.1 Å². The number of nitrogens with one attached hydrogen (secondary N) is 1. The number of pyridine rings is 1. The number of hydrogen-bond donors (Lipinski definition) is 2. The van der Waals surface area contributed by atoms with Gasteiger partial charge in [-0.15, -0.1) is 0 Å². The van der Waals surface area contributed by atoms with Crippen LogP contribution in [0.5, 0.6) is 0 Å². The standard InChI is InChI=1S/C21H26N4O/c1-16-2-7-20-23-21(18-5-3-17(4-6-18)8-13-26)19(25(20)14-16)15-24-11-9-22-10-12-24/h2-7,14,22,26H,8-13,15H2,1H3. The molecule has 0 spiro atoms. The monoisotopic (exact) mass is 350 g/mol. The maximum atomic E-state index is 9.13. The van der Waals surface area contributed by atoms with Gasteiger partial charge in [-0.05, 0) is 30.5 Å². The minimum absolute atomic E-state index is 0.182. The second-order valence-corrected chi connectivity index (χ2v) is 7.04. The molecule has 0 atom stereocenters. The van der Waals surface area contributed by atoms with Crippen molar-refractivity contribution < 1.29 is 5.11 Å². The Morgan fingerprint density at radius 3 is 2.58 bits per heavy atom. The van der Waals surface area contributed by atoms with Crippen molar-refractivity contribution in [2.75, 3.05) is 32.8 Å². The van der Waals surface area contributed by atoms with Crippen molar-refractivity contribution in [3.63, 3.8) is 0 Å². The van der Waals surface area contributed by atoms with Crippen LogP contribution in [-0.4, -0.2) is 52.2 Å². The van der Waals surface area contributed by atoms with Crippen molar-refractivity contribution in [3.05, 3.63) is 59.4 Å². The average Bonchev–Trinajstić information content (AvgIpc) is 3.01. The summed E-state index contributed by atoms with van der Waals surface area (Å²) in [4.78, 5) is 7.43. The Morgan fingerprint density at radius 2 is 1.85 bits per heavy atom. The fourth-order valence-electron chi connectivity index (χ4n) is 3.62. The Balaban J connectivity index is 1.75. The lowest BCUT2D eigenvalue weighted by atomic mass is 10.1. The fraction of sp³-hybridized carbons (Fsp3) is 0.381. The van der Waals surface area contributed by atoms with Gasteiger partial charge in [0.05, 0.1) is 11.4 Å². The molecule has 0 saturated carbocycles. The van der Waals surface area contributed by atoms with E-state index in [-0.39, 0.29) is 6.61 Å². The summed E-state index contributed by atoms with van der Waals surface area (Å²) in [6.45, 7) is 7.42. The first-order chi connectivity index (χ1) is 12.7. The number of aliphatic hydroxyl groups excluding tert-OH is 1. The summed E-state index contributed by atoms with van der Waals surface area (Å²) in [7, 11) is 0. The van der Waals surface area contributed by atoms with Gasteiger partial charge in [-0.3, -0.25) is 4.90 Å². The Bertz CT molecular complexity index is 879. The highest BCUT2D eigenvalue weighted by molar-refractivity contribution is 5.67. The molecule has 5 heteroatoms. The predicted octanol–water partition coefficient (Wildman–Crippen LogP) is 2.25. The Labute approximate surface area is 154 Å². The third-order valence-electron chi connectivity index (χ3n) is 5.08. The number of nitrogens with zero attached hydrogens (tertiary/aromatic N) is 3. The molecule has 0 aliphatic carbocycles. The molecule has 5 nitrogen and oxygen atoms in total. The third kappa shape index (κ3) is 3.51. The van der Waals surface area contributed by atoms with Gasteiger partial charge in [-0.1, -0.05) is 30.3 Å². The summed E-state index contributed by atoms with van der Waals surface area (Å²) in [5.74, 6) is 0. The first kappa shape index (κ1) is 17.2. The molecule has 1 aliphatic rings. The highest BCUT2D eigenvalue weighted by atomic mass is 16.2. The van der Waals surface area contributed by atoms with Crippen molar-refractivity contribution in [2.45, 2.75) is 19.9 Å². The number of benzene rings is 1. The van der Waals surface area contributed by atoms with Crippen LogP contribution in [-0.2, 0) is 13.0 Å². The van der Waals surface area contributed by atoms with E-state index in [1.165, 1.54) is 11.3 Å². The number of piperazine rings is 1. The van der Waals surface area contributed by atoms with E-state index in [1.54, 1.807) is 0 Å². The molecule has 0 radical (unpaired) electrons. The number of rotatable bonds is 5. The van der Waals surface area contributed by atoms with Crippen LogP contribution in [0.15, 0.2) is 42.6 Å². The summed E-state index contributed by atoms with van der Waals surface area (Å²) >= 11 is 0. The minimum atomic E-state index is 0.182. The highest BCUT2D eigenvalue weighted by Gasteiger charge is 2.18. The average molecular weight is 350 g/mol. The Kier molecular flexibility index (Phi) is 5.02. The molecule has 1 fully saturated rings. The number of aryl methyl sites for hydroxylation is 1. The van der Waals surface area contributed by atoms with E-state index in [0.29, 0.717) is 6.42 Å². The quantitative estimate of drug-likeness (QED) is 0.741. The molecule has 2 N–H and O–H groups in total. The van der Waals surface area contributed by atoms with E-state index in [1.807, 2.05) is 0 Å². The first-order valence-corrected chi connectivity index (χ1v) is 9.35. The lowest BCUT2D eigenvalue weighted by molar-refractivity contribution is 0.230. The second kappa shape index (κ2) is 7.58. The Morgan fingerprint density at radius 1 is 1.08 bits per heavy atom. The summed E-state index contributed by atoms with van der Waals surface area (Å²) < 4.78 is 2.24. The molecule has 3 heterocycles. The molecule has 26 heavy (non-hydrogen) atoms. The summed E-state index contributed by atoms with van der Waals surface area (Å²) in [6.07, 6.45) is 2.88. The lowest BCUT2D eigenvalue weighted by Gasteiger charge is -2.27. The zero-order valence-electron chi connectivity index (χ0n) is 15.3. The fourth-order valence-corrected chi connectivity index (χ4v) is 3.62. The van der Waals surface area contributed by atoms with Crippen LogP contribution in [0.25, 0.3) is 16.9 Å². The van der Waals surface area contributed by atoms with Crippen molar-refractivity contribution in [2.24, 2.45) is 0 Å². The van der Waals surface area contributed by atoms with E-state index in [9.17, 15) is 0 Å². The normalized spacial score (nSPS) is 15.6. The molecule has 0 unspecified atom stereocenters. The van der Waals surface area contributed by atoms with Gasteiger partial charge < -0.3 is 14.8 Å². The predicted molar refractivity (Wildman–Crippen MR) is 104 cm³/mol. The van der Waals surface area contributed by atoms with Crippen LogP contribution in [0, 0.1) is 6.92 Å². The molecular weight excluding hydrogens is 324 g/mol. The first-order valence-electron chi connectivity index (χ1n) is 9.35. The van der Waals surface area contributed by atoms with Crippen LogP contribution in [0.3, 0.4) is 0 Å². The minimum Gasteiger partial charge on any atom is -0.396 e. The summed E-state index contributed by atoms with van der Waals surface area (Å²) in [5.41, 5.74) is 6.83. The molecule has 4 rings (SSSR count). The van der Waals surface area contributed by atoms with Crippen LogP contribution in [0.4, 0.5) is 0 Å². The molecule has 0 amide bonds. The van der Waals surface area contributed by atoms with Gasteiger partial charge in [0, 0.05) is 51.1 Å². The SMILES string of the molecule is Cc1ccc2nc(-c3ccc(CCO)cc3)c(CN3CCNCC3)n2c1. The van der Waals surface area contributed by atoms with Gasteiger partial charge in [0.15, 0.2) is 0 Å². The van der Waals surface area contributed by atoms with Gasteiger partial charge in [0.2, 0.25) is 0 Å². The van der Waals surface area contributed by atoms with Crippen molar-refractivity contribution in [3.8, 4) is 11.3 Å². The van der Waals surface area contributed by atoms with Crippen molar-refractivity contribution >= 4 is 5.65 Å². The molecule has 1 aliphatic heterocycles. The van der Waals surface area contributed by atoms with E-state index < -0.39 is 0 Å². The maximum Gasteiger partial charge on any atom is 0.137 e. The van der Waals surface area contributed by atoms with E-state index in [0.717, 1.165) is 55.2 Å². The third-order valence-corrected chi connectivity index (χ3v) is 5.08. The van der Waals surface area contributed by atoms with E-state index in [2.05, 4.69) is 64.1 Å². The highest BCUT2D eigenvalue weighted by Crippen LogP contribution is 2.26. The molecule has 1 saturated heterocycles. The number of imidazole rings is 1. The number of fused-ring (bicyclic) bond motifs is 1. The second-order valence-electron chi connectivity index (χ2n) is 7.04. The number of aliphatic hydroxyl groups is 1. The largest absolute Gasteiger partial charge is 0.396 e. The van der Waals surface area contributed by atoms with E-state index >= 15 is 0 Å². The Hall–Kier alpha value is -2.21. The van der Waals surface area contributed by atoms with Crippen LogP contribution >= 0.6 is 0 Å². The zero-order chi connectivity index (χ0) is 17.9. The molecule has 0 bridgehead atoms. The number of aromatic nitrogens is 2. The van der Waals surface area contributed by atoms with Crippen LogP contribution in [0.2, 0.25) is 0 Å². The number of hydrogen-bond acceptors (Lipinski definition) is 4. The maximum absolute atomic E-state index is 9.13. The molecule has 136 valence electrons. The van der Waals surface area contributed by atoms with Crippen LogP contribution < -0.4 is 5.32 Å². The molecule has 2 aromatic heterocycles. The van der Waals surface area contributed by atoms with Gasteiger partial charge in [0.25, 0.3) is 0 Å². The van der Waals surface area contributed by atoms with Gasteiger partial charge in [0.1, 0.15) is 5.65 Å². The topological polar surface area (TPSA) is 52.8 Å². The smallest absolute Gasteiger partial charge is 0.137 e. The lowest BCUT2D eigenvalue weighted by Crippen LogP contribution is -2.43.